The van der Waals surface area contributed by atoms with Crippen molar-refractivity contribution in [1.29, 1.82) is 0 Å². The summed E-state index contributed by atoms with van der Waals surface area (Å²) < 4.78 is 112. The van der Waals surface area contributed by atoms with Crippen molar-refractivity contribution in [3.63, 3.8) is 0 Å². The van der Waals surface area contributed by atoms with Crippen LogP contribution in [0.5, 0.6) is 0 Å². The lowest BCUT2D eigenvalue weighted by Crippen LogP contribution is -2.63. The van der Waals surface area contributed by atoms with E-state index in [1.807, 2.05) is 0 Å². The number of amides is 1. The summed E-state index contributed by atoms with van der Waals surface area (Å²) in [5, 5.41) is 0. The minimum absolute atomic E-state index is 0.159. The fourth-order valence-corrected chi connectivity index (χ4v) is 1.04. The minimum Gasteiger partial charge on any atom is -0.336 e. The van der Waals surface area contributed by atoms with E-state index in [-0.39, 0.29) is 4.90 Å². The number of rotatable bonds is 5. The van der Waals surface area contributed by atoms with Gasteiger partial charge in [0.15, 0.2) is 0 Å². The second-order valence-electron chi connectivity index (χ2n) is 3.75. The maximum Gasteiger partial charge on any atom is 0.460 e. The number of likely N-dealkylation sites (N-methyl/N-ethyl adjacent to an activating group) is 1. The summed E-state index contributed by atoms with van der Waals surface area (Å²) in [5.74, 6) is -20.8. The molecule has 2 nitrogen and oxygen atoms in total. The number of carbonyl (C=O) groups excluding carboxylic acids is 1. The van der Waals surface area contributed by atoms with Crippen molar-refractivity contribution in [2.75, 3.05) is 13.6 Å². The fraction of sp³-hybridized carbons (Fsp3) is 0.667. The average Bonchev–Trinajstić information content (AvgIpc) is 2.25. The maximum atomic E-state index is 13.0. The van der Waals surface area contributed by atoms with Crippen LogP contribution in [-0.2, 0) is 4.79 Å². The molecule has 0 bridgehead atoms. The first-order valence-corrected chi connectivity index (χ1v) is 4.69. The molecule has 0 aliphatic rings. The summed E-state index contributed by atoms with van der Waals surface area (Å²) in [6.07, 6.45) is -6.48. The predicted octanol–water partition coefficient (Wildman–Crippen LogP) is 3.10. The van der Waals surface area contributed by atoms with E-state index in [1.165, 1.54) is 0 Å². The molecule has 118 valence electrons. The van der Waals surface area contributed by atoms with Crippen LogP contribution >= 0.6 is 0 Å². The summed E-state index contributed by atoms with van der Waals surface area (Å²) in [6.45, 7) is 0.473. The molecule has 0 saturated heterocycles. The van der Waals surface area contributed by atoms with E-state index in [0.29, 0.717) is 13.1 Å². The molecule has 0 saturated carbocycles. The van der Waals surface area contributed by atoms with Crippen LogP contribution in [-0.4, -0.2) is 48.3 Å². The molecule has 0 aliphatic heterocycles. The number of alkyl halides is 9. The Balaban J connectivity index is 5.47. The lowest BCUT2D eigenvalue weighted by Gasteiger charge is -2.35. The number of carbonyl (C=O) groups is 1. The third-order valence-electron chi connectivity index (χ3n) is 2.20. The quantitative estimate of drug-likeness (QED) is 0.564. The molecule has 0 aromatic carbocycles. The summed E-state index contributed by atoms with van der Waals surface area (Å²) >= 11 is 0. The molecule has 0 aromatic rings. The first-order chi connectivity index (χ1) is 8.62. The Bertz CT molecular complexity index is 387. The van der Waals surface area contributed by atoms with Gasteiger partial charge >= 0.3 is 23.9 Å². The van der Waals surface area contributed by atoms with Gasteiger partial charge in [0.2, 0.25) is 5.91 Å². The molecular weight excluding hydrogens is 309 g/mol. The molecule has 0 atom stereocenters. The largest absolute Gasteiger partial charge is 0.460 e. The zero-order chi connectivity index (χ0) is 16.6. The molecule has 0 N–H and O–H groups in total. The van der Waals surface area contributed by atoms with E-state index < -0.39 is 36.4 Å². The standard InChI is InChI=1S/C9H8F9NO/c1-3-5(20)19(2)4-6(10,11)7(12,13)8(14,15)9(16,17)18/h3H,1,4H2,2H3. The number of nitrogens with zero attached hydrogens (tertiary/aromatic N) is 1. The molecule has 20 heavy (non-hydrogen) atoms. The monoisotopic (exact) mass is 317 g/mol. The third kappa shape index (κ3) is 3.01. The third-order valence-corrected chi connectivity index (χ3v) is 2.20. The van der Waals surface area contributed by atoms with Crippen molar-refractivity contribution in [2.45, 2.75) is 23.9 Å². The van der Waals surface area contributed by atoms with Crippen molar-refractivity contribution >= 4 is 5.91 Å². The van der Waals surface area contributed by atoms with E-state index in [2.05, 4.69) is 6.58 Å². The zero-order valence-corrected chi connectivity index (χ0v) is 9.75. The molecule has 0 aromatic heterocycles. The van der Waals surface area contributed by atoms with E-state index in [1.54, 1.807) is 0 Å². The Morgan fingerprint density at radius 1 is 1.00 bits per heavy atom. The number of hydrogen-bond donors (Lipinski definition) is 0. The summed E-state index contributed by atoms with van der Waals surface area (Å²) in [6, 6.07) is 0. The van der Waals surface area contributed by atoms with Gasteiger partial charge in [0.25, 0.3) is 0 Å². The van der Waals surface area contributed by atoms with E-state index in [0.717, 1.165) is 0 Å². The normalized spacial score (nSPS) is 14.1. The van der Waals surface area contributed by atoms with Gasteiger partial charge in [0.05, 0.1) is 6.54 Å². The molecule has 0 unspecified atom stereocenters. The van der Waals surface area contributed by atoms with Crippen LogP contribution in [0.4, 0.5) is 39.5 Å². The van der Waals surface area contributed by atoms with Gasteiger partial charge in [-0.1, -0.05) is 6.58 Å². The summed E-state index contributed by atoms with van der Waals surface area (Å²) in [7, 11) is 0.514. The van der Waals surface area contributed by atoms with E-state index in [9.17, 15) is 44.3 Å². The highest BCUT2D eigenvalue weighted by molar-refractivity contribution is 5.86. The van der Waals surface area contributed by atoms with Crippen LogP contribution < -0.4 is 0 Å². The van der Waals surface area contributed by atoms with Crippen molar-refractivity contribution in [1.82, 2.24) is 4.90 Å². The SMILES string of the molecule is C=CC(=O)N(C)CC(F)(F)C(F)(F)C(F)(F)C(F)(F)F. The van der Waals surface area contributed by atoms with Gasteiger partial charge in [-0.15, -0.1) is 0 Å². The summed E-state index contributed by atoms with van der Waals surface area (Å²) in [5.41, 5.74) is 0. The van der Waals surface area contributed by atoms with Crippen molar-refractivity contribution < 1.29 is 44.3 Å². The Morgan fingerprint density at radius 2 is 1.40 bits per heavy atom. The van der Waals surface area contributed by atoms with Crippen LogP contribution in [0.25, 0.3) is 0 Å². The molecule has 0 radical (unpaired) electrons. The molecule has 1 amide bonds. The topological polar surface area (TPSA) is 20.3 Å². The van der Waals surface area contributed by atoms with Gasteiger partial charge in [0, 0.05) is 7.05 Å². The smallest absolute Gasteiger partial charge is 0.336 e. The highest BCUT2D eigenvalue weighted by atomic mass is 19.4. The predicted molar refractivity (Wildman–Crippen MR) is 48.7 cm³/mol. The van der Waals surface area contributed by atoms with Crippen LogP contribution in [0.1, 0.15) is 0 Å². The highest BCUT2D eigenvalue weighted by Gasteiger charge is 2.81. The molecule has 0 fully saturated rings. The Hall–Kier alpha value is -1.42. The zero-order valence-electron chi connectivity index (χ0n) is 9.75. The first kappa shape index (κ1) is 18.6. The molecule has 0 spiro atoms. The van der Waals surface area contributed by atoms with Crippen molar-refractivity contribution in [2.24, 2.45) is 0 Å². The Kier molecular flexibility index (Phi) is 4.80. The minimum atomic E-state index is -6.96. The van der Waals surface area contributed by atoms with Crippen molar-refractivity contribution in [3.8, 4) is 0 Å². The van der Waals surface area contributed by atoms with E-state index >= 15 is 0 Å². The van der Waals surface area contributed by atoms with Gasteiger partial charge in [-0.25, -0.2) is 0 Å². The second kappa shape index (κ2) is 5.17. The average molecular weight is 317 g/mol. The van der Waals surface area contributed by atoms with Crippen LogP contribution in [0, 0.1) is 0 Å². The Morgan fingerprint density at radius 3 is 1.70 bits per heavy atom. The molecule has 11 heteroatoms. The molecule has 0 aliphatic carbocycles. The van der Waals surface area contributed by atoms with Crippen LogP contribution in [0.2, 0.25) is 0 Å². The number of hydrogen-bond acceptors (Lipinski definition) is 1. The van der Waals surface area contributed by atoms with Crippen LogP contribution in [0.3, 0.4) is 0 Å². The van der Waals surface area contributed by atoms with Gasteiger partial charge < -0.3 is 4.90 Å². The molecular formula is C9H8F9NO. The van der Waals surface area contributed by atoms with Gasteiger partial charge in [-0.05, 0) is 6.08 Å². The van der Waals surface area contributed by atoms with Gasteiger partial charge in [-0.2, -0.15) is 39.5 Å². The fourth-order valence-electron chi connectivity index (χ4n) is 1.04. The summed E-state index contributed by atoms with van der Waals surface area (Å²) in [4.78, 5) is 10.6. The lowest BCUT2D eigenvalue weighted by molar-refractivity contribution is -0.396. The van der Waals surface area contributed by atoms with E-state index in [4.69, 9.17) is 0 Å². The van der Waals surface area contributed by atoms with Gasteiger partial charge in [-0.3, -0.25) is 4.79 Å². The van der Waals surface area contributed by atoms with Gasteiger partial charge in [0.1, 0.15) is 0 Å². The van der Waals surface area contributed by atoms with Crippen LogP contribution in [0.15, 0.2) is 12.7 Å². The second-order valence-corrected chi connectivity index (χ2v) is 3.75. The maximum absolute atomic E-state index is 13.0. The molecule has 0 rings (SSSR count). The first-order valence-electron chi connectivity index (χ1n) is 4.69. The number of halogens is 9. The highest BCUT2D eigenvalue weighted by Crippen LogP contribution is 2.53. The Labute approximate surface area is 106 Å². The molecule has 0 heterocycles. The van der Waals surface area contributed by atoms with Crippen molar-refractivity contribution in [3.05, 3.63) is 12.7 Å². The lowest BCUT2D eigenvalue weighted by atomic mass is 10.0.